The number of benzene rings is 7. The molecule has 0 spiro atoms. The smallest absolute Gasteiger partial charge is 0.220 e. The molecule has 0 saturated heterocycles. The fourth-order valence-electron chi connectivity index (χ4n) is 8.85. The van der Waals surface area contributed by atoms with Gasteiger partial charge in [-0.2, -0.15) is 0 Å². The maximum Gasteiger partial charge on any atom is 0.220 e. The van der Waals surface area contributed by atoms with Crippen LogP contribution in [0.5, 0.6) is 11.5 Å². The first-order valence-corrected chi connectivity index (χ1v) is 23.1. The van der Waals surface area contributed by atoms with Crippen LogP contribution in [0.25, 0.3) is 33.5 Å². The summed E-state index contributed by atoms with van der Waals surface area (Å²) in [6.07, 6.45) is 0. The van der Waals surface area contributed by atoms with Crippen molar-refractivity contribution in [3.05, 3.63) is 187 Å². The number of para-hydroxylation sites is 6. The third-order valence-electron chi connectivity index (χ3n) is 11.1. The maximum atomic E-state index is 10.3. The summed E-state index contributed by atoms with van der Waals surface area (Å²) in [4.78, 5) is 5.12. The molecule has 0 saturated carbocycles. The Morgan fingerprint density at radius 3 is 1.89 bits per heavy atom. The van der Waals surface area contributed by atoms with Gasteiger partial charge in [0.05, 0.1) is 22.1 Å². The van der Waals surface area contributed by atoms with Gasteiger partial charge in [0.15, 0.2) is 8.07 Å². The summed E-state index contributed by atoms with van der Waals surface area (Å²) >= 11 is 0. The highest BCUT2D eigenvalue weighted by atomic mass is 28.3. The molecule has 0 amide bonds. The van der Waals surface area contributed by atoms with Crippen LogP contribution in [-0.4, -0.2) is 42.0 Å². The molecule has 4 nitrogen and oxygen atoms in total. The Labute approximate surface area is 345 Å². The predicted octanol–water partition coefficient (Wildman–Crippen LogP) is 8.25. The Bertz CT molecular complexity index is 3340. The lowest BCUT2D eigenvalue weighted by molar-refractivity contribution is 0.454. The average molecular weight is 776 g/mol. The molecule has 9 aromatic rings. The molecule has 0 unspecified atom stereocenters. The molecule has 2 aromatic heterocycles. The number of hydrogen-bond donors (Lipinski definition) is 0. The first-order chi connectivity index (χ1) is 32.6. The number of imidazole rings is 2. The van der Waals surface area contributed by atoms with Crippen LogP contribution in [0.1, 0.15) is 27.6 Å². The SMILES string of the molecule is [2H]C([2H])([2H])[Si]([2H])(C([2H])([2H])[2H])C1([Si]([2H])(C([2H])([2H])[2H])C([2H])([2H])[2H])c2ccccc2Oc2c1cccc2[Si](c1ccccc1)(c1ccccc1)c1cccc(-n2c3ccccc3n3c4ccccc4nc23)c1. The van der Waals surface area contributed by atoms with Gasteiger partial charge in [-0.1, -0.05) is 159 Å². The molecule has 3 heterocycles. The summed E-state index contributed by atoms with van der Waals surface area (Å²) < 4.78 is 137. The van der Waals surface area contributed by atoms with E-state index in [-0.39, 0.29) is 11.5 Å². The molecule has 0 bridgehead atoms. The minimum atomic E-state index is -6.36. The first-order valence-electron chi connectivity index (χ1n) is 25.1. The molecule has 1 aliphatic heterocycles. The number of aromatic nitrogens is 3. The van der Waals surface area contributed by atoms with Crippen molar-refractivity contribution in [1.29, 1.82) is 2.47 Å². The third-order valence-corrected chi connectivity index (χ3v) is 20.0. The second-order valence-corrected chi connectivity index (χ2v) is 21.1. The van der Waals surface area contributed by atoms with Gasteiger partial charge >= 0.3 is 0 Å². The van der Waals surface area contributed by atoms with Gasteiger partial charge in [-0.25, -0.2) is 4.98 Å². The molecule has 7 aromatic carbocycles. The van der Waals surface area contributed by atoms with E-state index in [1.807, 2.05) is 127 Å². The molecule has 0 atom stereocenters. The third kappa shape index (κ3) is 4.76. The van der Waals surface area contributed by atoms with E-state index in [4.69, 9.17) is 26.2 Å². The van der Waals surface area contributed by atoms with Crippen LogP contribution < -0.4 is 25.5 Å². The van der Waals surface area contributed by atoms with E-state index >= 15 is 0 Å². The number of ether oxygens (including phenoxy) is 1. The van der Waals surface area contributed by atoms with E-state index in [9.17, 15) is 2.47 Å². The van der Waals surface area contributed by atoms with Crippen molar-refractivity contribution in [2.24, 2.45) is 0 Å². The first kappa shape index (κ1) is 22.0. The van der Waals surface area contributed by atoms with Crippen molar-refractivity contribution in [2.45, 2.75) is 30.6 Å². The molecular formula is C48H43N3OSi3. The molecule has 268 valence electrons. The Hall–Kier alpha value is -5.74. The van der Waals surface area contributed by atoms with Gasteiger partial charge in [0.1, 0.15) is 11.5 Å². The monoisotopic (exact) mass is 775 g/mol. The summed E-state index contributed by atoms with van der Waals surface area (Å²) in [6, 6.07) is 53.1. The van der Waals surface area contributed by atoms with Crippen LogP contribution in [0, 0.1) is 0 Å². The Balaban J connectivity index is 1.40. The molecule has 0 N–H and O–H groups in total. The van der Waals surface area contributed by atoms with Crippen molar-refractivity contribution in [3.8, 4) is 17.2 Å². The Kier molecular flexibility index (Phi) is 5.17. The van der Waals surface area contributed by atoms with Gasteiger partial charge in [-0.3, -0.25) is 8.97 Å². The van der Waals surface area contributed by atoms with E-state index in [2.05, 4.69) is 15.0 Å². The lowest BCUT2D eigenvalue weighted by Crippen LogP contribution is -2.75. The van der Waals surface area contributed by atoms with E-state index in [1.54, 1.807) is 6.07 Å². The van der Waals surface area contributed by atoms with Gasteiger partial charge in [0.2, 0.25) is 5.78 Å². The quantitative estimate of drug-likeness (QED) is 0.121. The summed E-state index contributed by atoms with van der Waals surface area (Å²) in [6.45, 7) is -15.1. The average Bonchev–Trinajstić information content (AvgIpc) is 3.85. The number of hydrogen-bond acceptors (Lipinski definition) is 2. The minimum absolute atomic E-state index is 0.176. The van der Waals surface area contributed by atoms with E-state index in [1.165, 1.54) is 36.4 Å². The van der Waals surface area contributed by atoms with Crippen LogP contribution in [0.15, 0.2) is 176 Å². The van der Waals surface area contributed by atoms with Gasteiger partial charge in [-0.15, -0.1) is 0 Å². The van der Waals surface area contributed by atoms with Crippen LogP contribution in [0.4, 0.5) is 0 Å². The van der Waals surface area contributed by atoms with Gasteiger partial charge in [0.25, 0.3) is 0 Å². The van der Waals surface area contributed by atoms with Crippen molar-refractivity contribution in [1.82, 2.24) is 14.0 Å². The van der Waals surface area contributed by atoms with Crippen LogP contribution in [0.3, 0.4) is 0 Å². The summed E-state index contributed by atoms with van der Waals surface area (Å²) in [5, 5.41) is 2.71. The standard InChI is InChI=1S/C48H43N3OSi3/c1-53(2)48(54(3)4)38-25-11-16-31-44(38)52-46-39(48)26-18-32-45(46)55(35-20-7-5-8-21-35,36-22-9-6-10-23-36)37-24-17-19-34(33-37)50-42-29-14-15-30-43(42)51-41-28-13-12-27-40(41)49-47(50)51/h5-33,53-54H,1-4H3/i1D3,2D3,3D3,4D3,53D,54D. The zero-order valence-corrected chi connectivity index (χ0v) is 32.5. The topological polar surface area (TPSA) is 31.5 Å². The lowest BCUT2D eigenvalue weighted by Gasteiger charge is -2.47. The molecule has 0 fully saturated rings. The second-order valence-electron chi connectivity index (χ2n) is 13.9. The second kappa shape index (κ2) is 12.9. The summed E-state index contributed by atoms with van der Waals surface area (Å²) in [7, 11) is -16.7. The largest absolute Gasteiger partial charge is 0.457 e. The highest BCUT2D eigenvalue weighted by molar-refractivity contribution is 7.20. The van der Waals surface area contributed by atoms with Crippen molar-refractivity contribution in [3.63, 3.8) is 0 Å². The maximum absolute atomic E-state index is 10.3. The molecular weight excluding hydrogens is 719 g/mol. The zero-order valence-electron chi connectivity index (χ0n) is 43.5. The zero-order chi connectivity index (χ0) is 49.2. The van der Waals surface area contributed by atoms with Crippen LogP contribution >= 0.6 is 0 Å². The molecule has 10 rings (SSSR count). The Morgan fingerprint density at radius 1 is 0.582 bits per heavy atom. The van der Waals surface area contributed by atoms with Crippen LogP contribution in [-0.2, 0) is 4.66 Å². The summed E-state index contributed by atoms with van der Waals surface area (Å²) in [5.74, 6) is 0.253. The lowest BCUT2D eigenvalue weighted by atomic mass is 9.98. The number of rotatable bonds is 7. The normalized spacial score (nSPS) is 18.8. The van der Waals surface area contributed by atoms with Crippen molar-refractivity contribution < 1.29 is 21.2 Å². The fourth-order valence-corrected chi connectivity index (χ4v) is 16.6. The number of nitrogens with zero attached hydrogens (tertiary/aromatic N) is 3. The highest BCUT2D eigenvalue weighted by Gasteiger charge is 2.51. The molecule has 7 heteroatoms. The van der Waals surface area contributed by atoms with Gasteiger partial charge < -0.3 is 4.74 Å². The molecule has 55 heavy (non-hydrogen) atoms. The van der Waals surface area contributed by atoms with E-state index in [0.29, 0.717) is 11.0 Å². The van der Waals surface area contributed by atoms with Crippen molar-refractivity contribution in [2.75, 3.05) is 0 Å². The van der Waals surface area contributed by atoms with Crippen LogP contribution in [0.2, 0.25) is 25.9 Å². The molecule has 0 aliphatic carbocycles. The minimum Gasteiger partial charge on any atom is -0.457 e. The van der Waals surface area contributed by atoms with E-state index < -0.39 is 67.2 Å². The van der Waals surface area contributed by atoms with Gasteiger partial charge in [-0.05, 0) is 74.3 Å². The highest BCUT2D eigenvalue weighted by Crippen LogP contribution is 2.50. The van der Waals surface area contributed by atoms with E-state index in [0.717, 1.165) is 43.3 Å². The Morgan fingerprint density at radius 2 is 1.16 bits per heavy atom. The number of fused-ring (bicyclic) bond motifs is 7. The molecule has 1 aliphatic rings. The van der Waals surface area contributed by atoms with Gasteiger partial charge in [0, 0.05) is 46.7 Å². The molecule has 0 radical (unpaired) electrons. The fraction of sp³-hybridized carbons (Fsp3) is 0.104. The predicted molar refractivity (Wildman–Crippen MR) is 238 cm³/mol. The summed E-state index contributed by atoms with van der Waals surface area (Å²) in [5.41, 5.74) is 3.40. The van der Waals surface area contributed by atoms with Crippen molar-refractivity contribution >= 4 is 74.1 Å².